The third-order valence-electron chi connectivity index (χ3n) is 1.84. The van der Waals surface area contributed by atoms with Crippen molar-refractivity contribution in [2.45, 2.75) is 39.5 Å². The molecule has 0 saturated heterocycles. The van der Waals surface area contributed by atoms with E-state index in [4.69, 9.17) is 15.3 Å². The average molecular weight is 218 g/mol. The minimum atomic E-state index is -0.845. The molecule has 0 heterocycles. The molecule has 3 N–H and O–H groups in total. The molecule has 0 spiro atoms. The summed E-state index contributed by atoms with van der Waals surface area (Å²) in [5, 5.41) is 24.7. The van der Waals surface area contributed by atoms with Gasteiger partial charge in [0.1, 0.15) is 0 Å². The molecule has 90 valence electrons. The molecule has 0 atom stereocenters. The maximum absolute atomic E-state index is 9.86. The molecular weight excluding hydrogens is 196 g/mol. The monoisotopic (exact) mass is 218 g/mol. The van der Waals surface area contributed by atoms with Crippen molar-refractivity contribution in [1.82, 2.24) is 0 Å². The van der Waals surface area contributed by atoms with Crippen LogP contribution in [0.1, 0.15) is 39.5 Å². The highest BCUT2D eigenvalue weighted by molar-refractivity contribution is 5.85. The number of carboxylic acid groups (broad SMARTS) is 1. The largest absolute Gasteiger partial charge is 0.478 e. The van der Waals surface area contributed by atoms with Crippen LogP contribution in [0, 0.1) is 0 Å². The Kier molecular flexibility index (Phi) is 14.5. The van der Waals surface area contributed by atoms with Crippen molar-refractivity contribution >= 4 is 5.97 Å². The molecule has 0 aliphatic heterocycles. The number of rotatable bonds is 6. The van der Waals surface area contributed by atoms with Crippen LogP contribution in [0.4, 0.5) is 0 Å². The topological polar surface area (TPSA) is 77.8 Å². The lowest BCUT2D eigenvalue weighted by atomic mass is 10.2. The molecule has 0 fully saturated rings. The van der Waals surface area contributed by atoms with Gasteiger partial charge in [-0.2, -0.15) is 0 Å². The van der Waals surface area contributed by atoms with Gasteiger partial charge in [0.25, 0.3) is 0 Å². The predicted molar refractivity (Wildman–Crippen MR) is 59.7 cm³/mol. The number of aliphatic carboxylic acids is 1. The Hall–Kier alpha value is -0.870. The van der Waals surface area contributed by atoms with Gasteiger partial charge in [0.2, 0.25) is 0 Å². The van der Waals surface area contributed by atoms with Gasteiger partial charge >= 0.3 is 5.97 Å². The van der Waals surface area contributed by atoms with E-state index in [0.717, 1.165) is 25.7 Å². The van der Waals surface area contributed by atoms with Gasteiger partial charge in [-0.1, -0.05) is 18.9 Å². The average Bonchev–Trinajstić information content (AvgIpc) is 2.24. The van der Waals surface area contributed by atoms with Crippen LogP contribution in [0.25, 0.3) is 0 Å². The van der Waals surface area contributed by atoms with Crippen molar-refractivity contribution < 1.29 is 20.1 Å². The molecule has 0 rings (SSSR count). The molecule has 0 unspecified atom stereocenters. The zero-order valence-electron chi connectivity index (χ0n) is 9.57. The van der Waals surface area contributed by atoms with Crippen LogP contribution in [-0.4, -0.2) is 34.5 Å². The molecule has 0 aromatic rings. The maximum Gasteiger partial charge on any atom is 0.330 e. The summed E-state index contributed by atoms with van der Waals surface area (Å²) in [5.41, 5.74) is 0.389. The molecule has 0 aromatic heterocycles. The molecule has 0 radical (unpaired) electrons. The van der Waals surface area contributed by atoms with Crippen LogP contribution in [-0.2, 0) is 4.79 Å². The van der Waals surface area contributed by atoms with Gasteiger partial charge in [-0.15, -0.1) is 0 Å². The first-order chi connectivity index (χ1) is 7.09. The smallest absolute Gasteiger partial charge is 0.330 e. The minimum absolute atomic E-state index is 0.283. The Bertz CT molecular complexity index is 169. The first-order valence-electron chi connectivity index (χ1n) is 5.18. The Morgan fingerprint density at radius 2 is 1.47 bits per heavy atom. The fourth-order valence-corrected chi connectivity index (χ4v) is 0.701. The summed E-state index contributed by atoms with van der Waals surface area (Å²) in [6.07, 6.45) is 5.39. The summed E-state index contributed by atoms with van der Waals surface area (Å²) >= 11 is 0. The van der Waals surface area contributed by atoms with Crippen molar-refractivity contribution in [3.8, 4) is 0 Å². The van der Waals surface area contributed by atoms with Crippen molar-refractivity contribution in [2.75, 3.05) is 13.2 Å². The lowest BCUT2D eigenvalue weighted by Crippen LogP contribution is -1.93. The molecule has 0 amide bonds. The highest BCUT2D eigenvalue weighted by Crippen LogP contribution is 1.96. The van der Waals surface area contributed by atoms with Crippen LogP contribution in [0.3, 0.4) is 0 Å². The van der Waals surface area contributed by atoms with E-state index in [2.05, 4.69) is 0 Å². The fourth-order valence-electron chi connectivity index (χ4n) is 0.701. The van der Waals surface area contributed by atoms with Gasteiger partial charge in [0.05, 0.1) is 0 Å². The second kappa shape index (κ2) is 13.1. The van der Waals surface area contributed by atoms with Gasteiger partial charge in [-0.25, -0.2) is 4.79 Å². The Morgan fingerprint density at radius 1 is 1.07 bits per heavy atom. The second-order valence-corrected chi connectivity index (χ2v) is 3.14. The van der Waals surface area contributed by atoms with Gasteiger partial charge in [0.15, 0.2) is 0 Å². The van der Waals surface area contributed by atoms with Crippen LogP contribution in [0.5, 0.6) is 0 Å². The van der Waals surface area contributed by atoms with E-state index in [1.807, 2.05) is 0 Å². The highest BCUT2D eigenvalue weighted by atomic mass is 16.4. The number of aliphatic hydroxyl groups excluding tert-OH is 2. The third kappa shape index (κ3) is 15.9. The Morgan fingerprint density at radius 3 is 1.60 bits per heavy atom. The Labute approximate surface area is 91.2 Å². The van der Waals surface area contributed by atoms with Gasteiger partial charge in [-0.3, -0.25) is 0 Å². The Balaban J connectivity index is 0. The summed E-state index contributed by atoms with van der Waals surface area (Å²) in [6, 6.07) is 0. The summed E-state index contributed by atoms with van der Waals surface area (Å²) in [7, 11) is 0. The number of hydrogen-bond acceptors (Lipinski definition) is 3. The molecular formula is C11H22O4. The number of aliphatic hydroxyl groups is 2. The van der Waals surface area contributed by atoms with Gasteiger partial charge < -0.3 is 15.3 Å². The number of hydrogen-bond donors (Lipinski definition) is 3. The van der Waals surface area contributed by atoms with Crippen LogP contribution in [0.15, 0.2) is 11.6 Å². The number of carboxylic acids is 1. The summed E-state index contributed by atoms with van der Waals surface area (Å²) in [4.78, 5) is 9.86. The molecule has 15 heavy (non-hydrogen) atoms. The SMILES string of the molecule is CC=C(C)C(=O)O.OCCCCCCO. The number of carbonyl (C=O) groups is 1. The van der Waals surface area contributed by atoms with Crippen LogP contribution >= 0.6 is 0 Å². The maximum atomic E-state index is 9.86. The van der Waals surface area contributed by atoms with E-state index in [1.54, 1.807) is 19.9 Å². The van der Waals surface area contributed by atoms with Crippen molar-refractivity contribution in [2.24, 2.45) is 0 Å². The van der Waals surface area contributed by atoms with E-state index in [-0.39, 0.29) is 13.2 Å². The highest BCUT2D eigenvalue weighted by Gasteiger charge is 1.93. The summed E-state index contributed by atoms with van der Waals surface area (Å²) < 4.78 is 0. The first kappa shape index (κ1) is 16.6. The zero-order valence-corrected chi connectivity index (χ0v) is 9.57. The van der Waals surface area contributed by atoms with Gasteiger partial charge in [-0.05, 0) is 26.7 Å². The molecule has 0 bridgehead atoms. The van der Waals surface area contributed by atoms with Crippen molar-refractivity contribution in [1.29, 1.82) is 0 Å². The molecule has 0 aliphatic carbocycles. The van der Waals surface area contributed by atoms with Gasteiger partial charge in [0, 0.05) is 18.8 Å². The lowest BCUT2D eigenvalue weighted by molar-refractivity contribution is -0.132. The summed E-state index contributed by atoms with van der Waals surface area (Å²) in [5.74, 6) is -0.845. The van der Waals surface area contributed by atoms with E-state index in [1.165, 1.54) is 0 Å². The molecule has 4 heteroatoms. The van der Waals surface area contributed by atoms with Crippen LogP contribution in [0.2, 0.25) is 0 Å². The summed E-state index contributed by atoms with van der Waals surface area (Å²) in [6.45, 7) is 3.82. The first-order valence-corrected chi connectivity index (χ1v) is 5.18. The second-order valence-electron chi connectivity index (χ2n) is 3.14. The fraction of sp³-hybridized carbons (Fsp3) is 0.727. The zero-order chi connectivity index (χ0) is 12.1. The van der Waals surface area contributed by atoms with Crippen molar-refractivity contribution in [3.05, 3.63) is 11.6 Å². The number of unbranched alkanes of at least 4 members (excludes halogenated alkanes) is 3. The quantitative estimate of drug-likeness (QED) is 0.467. The molecule has 4 nitrogen and oxygen atoms in total. The van der Waals surface area contributed by atoms with E-state index >= 15 is 0 Å². The minimum Gasteiger partial charge on any atom is -0.478 e. The number of allylic oxidation sites excluding steroid dienone is 1. The van der Waals surface area contributed by atoms with E-state index in [9.17, 15) is 4.79 Å². The molecule has 0 aromatic carbocycles. The normalized spacial score (nSPS) is 10.5. The predicted octanol–water partition coefficient (Wildman–Crippen LogP) is 1.57. The van der Waals surface area contributed by atoms with Crippen molar-refractivity contribution in [3.63, 3.8) is 0 Å². The van der Waals surface area contributed by atoms with E-state index in [0.29, 0.717) is 5.57 Å². The lowest BCUT2D eigenvalue weighted by Gasteiger charge is -1.93. The standard InChI is InChI=1S/C6H14O2.C5H8O2/c7-5-3-1-2-4-6-8;1-3-4(2)5(6)7/h7-8H,1-6H2;3H,1-2H3,(H,6,7). The molecule has 0 aliphatic rings. The van der Waals surface area contributed by atoms with Crippen LogP contribution < -0.4 is 0 Å². The molecule has 0 saturated carbocycles. The van der Waals surface area contributed by atoms with E-state index < -0.39 is 5.97 Å². The third-order valence-corrected chi connectivity index (χ3v) is 1.84.